The van der Waals surface area contributed by atoms with Crippen LogP contribution in [-0.4, -0.2) is 192 Å². The number of ether oxygens (including phenoxy) is 6. The molecule has 3 aliphatic heterocycles. The Morgan fingerprint density at radius 1 is 0.444 bits per heavy atom. The third kappa shape index (κ3) is 23.0. The summed E-state index contributed by atoms with van der Waals surface area (Å²) >= 11 is 0. The van der Waals surface area contributed by atoms with Crippen molar-refractivity contribution in [2.45, 2.75) is 135 Å². The first-order valence-electron chi connectivity index (χ1n) is 35.3. The van der Waals surface area contributed by atoms with Crippen LogP contribution >= 0.6 is 0 Å². The van der Waals surface area contributed by atoms with Crippen LogP contribution in [0.15, 0.2) is 153 Å². The molecular weight excluding hydrogens is 1390 g/mol. The molecular formula is C74H91N19O15. The van der Waals surface area contributed by atoms with E-state index < -0.39 is 23.0 Å². The molecule has 4 aliphatic rings. The van der Waals surface area contributed by atoms with Crippen LogP contribution < -0.4 is 46.9 Å². The summed E-state index contributed by atoms with van der Waals surface area (Å²) in [7, 11) is 6.26. The molecule has 1 aromatic carbocycles. The molecule has 3 saturated heterocycles. The van der Waals surface area contributed by atoms with Gasteiger partial charge in [0.15, 0.2) is 0 Å². The van der Waals surface area contributed by atoms with Gasteiger partial charge in [0.1, 0.15) is 55.5 Å². The zero-order valence-corrected chi connectivity index (χ0v) is 62.2. The van der Waals surface area contributed by atoms with Gasteiger partial charge in [-0.2, -0.15) is 15.0 Å². The van der Waals surface area contributed by atoms with Gasteiger partial charge in [-0.3, -0.25) is 37.4 Å². The minimum absolute atomic E-state index is 0.0270. The molecule has 0 radical (unpaired) electrons. The first kappa shape index (κ1) is 80.1. The first-order valence-corrected chi connectivity index (χ1v) is 35.3. The van der Waals surface area contributed by atoms with E-state index in [9.17, 15) is 38.4 Å². The molecule has 108 heavy (non-hydrogen) atoms. The lowest BCUT2D eigenvalue weighted by Gasteiger charge is -2.28. The van der Waals surface area contributed by atoms with Gasteiger partial charge in [0.25, 0.3) is 40.3 Å². The Bertz CT molecular complexity index is 4720. The number of H-pyrrole nitrogens is 1. The number of nitrogens with zero attached hydrogens (tertiary/aromatic N) is 18. The Morgan fingerprint density at radius 3 is 1.19 bits per heavy atom. The molecule has 13 rings (SSSR count). The molecule has 572 valence electrons. The van der Waals surface area contributed by atoms with E-state index in [4.69, 9.17) is 33.5 Å². The molecule has 2 N–H and O–H groups in total. The normalized spacial score (nSPS) is 16.1. The van der Waals surface area contributed by atoms with Gasteiger partial charge in [0.05, 0.1) is 76.9 Å². The number of nitrogens with one attached hydrogen (secondary N) is 1. The van der Waals surface area contributed by atoms with Crippen molar-refractivity contribution < 1.29 is 47.9 Å². The molecule has 9 aromatic rings. The van der Waals surface area contributed by atoms with Crippen LogP contribution in [0, 0.1) is 5.92 Å². The van der Waals surface area contributed by atoms with Crippen LogP contribution in [0.1, 0.15) is 106 Å². The number of aromatic nitrogens is 16. The van der Waals surface area contributed by atoms with Crippen molar-refractivity contribution in [1.29, 1.82) is 0 Å². The third-order valence-electron chi connectivity index (χ3n) is 17.3. The molecule has 34 heteroatoms. The molecule has 0 bridgehead atoms. The lowest BCUT2D eigenvalue weighted by molar-refractivity contribution is 0.0169. The van der Waals surface area contributed by atoms with Gasteiger partial charge >= 0.3 is 24.0 Å². The second-order valence-electron chi connectivity index (χ2n) is 27.6. The Hall–Kier alpha value is -12.0. The summed E-state index contributed by atoms with van der Waals surface area (Å²) in [4.78, 5) is 148. The lowest BCUT2D eigenvalue weighted by Crippen LogP contribution is -2.42. The number of carbonyl (C=O) groups is 3. The van der Waals surface area contributed by atoms with Crippen molar-refractivity contribution in [2.75, 3.05) is 46.1 Å². The summed E-state index contributed by atoms with van der Waals surface area (Å²) in [6.45, 7) is 14.0. The lowest BCUT2D eigenvalue weighted by atomic mass is 10.1. The molecule has 4 fully saturated rings. The molecule has 1 aliphatic carbocycles. The number of rotatable bonds is 15. The van der Waals surface area contributed by atoms with Crippen LogP contribution in [-0.2, 0) is 37.7 Å². The SMILES string of the molecule is CC(C)(C)OC(=O)N1CCC[C@@H]1CO.Cn1c(=O)cc(-c2ccncn2)[nH]c1=O.Cn1c(OCC2CCCC2)nc(-c2ccncn2)cc1=O.Cn1c(OC[C@H]2CCCN2C(=O)OC(C)(C)C)nc(-c2ccncn2)cc1=O.Cn1c(OC[C@H]2CCCN2C(=O)Oc2ccccc2)nc(-c2ccncn2)cc1=O. The summed E-state index contributed by atoms with van der Waals surface area (Å²) < 4.78 is 38.7. The number of hydrogen-bond donors (Lipinski definition) is 2. The van der Waals surface area contributed by atoms with E-state index in [-0.39, 0.29) is 84.4 Å². The summed E-state index contributed by atoms with van der Waals surface area (Å²) in [5.41, 5.74) is 1.41. The third-order valence-corrected chi connectivity index (χ3v) is 17.3. The fraction of sp³-hybridized carbons (Fsp3) is 0.446. The van der Waals surface area contributed by atoms with Gasteiger partial charge in [-0.25, -0.2) is 59.0 Å². The van der Waals surface area contributed by atoms with E-state index in [2.05, 4.69) is 59.8 Å². The van der Waals surface area contributed by atoms with Gasteiger partial charge in [-0.05, 0) is 135 Å². The van der Waals surface area contributed by atoms with Crippen molar-refractivity contribution in [3.63, 3.8) is 0 Å². The van der Waals surface area contributed by atoms with E-state index in [1.165, 1.54) is 102 Å². The van der Waals surface area contributed by atoms with Gasteiger partial charge in [-0.1, -0.05) is 31.0 Å². The molecule has 8 aromatic heterocycles. The Balaban J connectivity index is 0.000000160. The summed E-state index contributed by atoms with van der Waals surface area (Å²) in [5.74, 6) is 1.07. The van der Waals surface area contributed by atoms with Crippen LogP contribution in [0.2, 0.25) is 0 Å². The highest BCUT2D eigenvalue weighted by molar-refractivity contribution is 5.71. The Morgan fingerprint density at radius 2 is 0.815 bits per heavy atom. The Kier molecular flexibility index (Phi) is 28.1. The van der Waals surface area contributed by atoms with Gasteiger partial charge < -0.3 is 53.2 Å². The number of carbonyl (C=O) groups excluding carboxylic acids is 3. The average Bonchev–Trinajstić information content (AvgIpc) is 1.17. The van der Waals surface area contributed by atoms with Crippen LogP contribution in [0.4, 0.5) is 14.4 Å². The van der Waals surface area contributed by atoms with E-state index >= 15 is 0 Å². The quantitative estimate of drug-likeness (QED) is 0.104. The summed E-state index contributed by atoms with van der Waals surface area (Å²) in [6, 6.07) is 21.6. The molecule has 3 atom stereocenters. The van der Waals surface area contributed by atoms with E-state index in [1.807, 2.05) is 59.7 Å². The predicted octanol–water partition coefficient (Wildman–Crippen LogP) is 7.01. The zero-order valence-electron chi connectivity index (χ0n) is 62.2. The first-order chi connectivity index (χ1) is 51.7. The number of aliphatic hydroxyl groups excluding tert-OH is 1. The molecule has 3 amide bonds. The number of aliphatic hydroxyl groups is 1. The van der Waals surface area contributed by atoms with E-state index in [1.54, 1.807) is 90.8 Å². The maximum Gasteiger partial charge on any atom is 0.415 e. The van der Waals surface area contributed by atoms with Gasteiger partial charge in [0.2, 0.25) is 0 Å². The minimum atomic E-state index is -0.553. The highest BCUT2D eigenvalue weighted by atomic mass is 16.6. The number of likely N-dealkylation sites (tertiary alicyclic amines) is 3. The number of amides is 3. The van der Waals surface area contributed by atoms with Crippen molar-refractivity contribution in [2.24, 2.45) is 34.1 Å². The van der Waals surface area contributed by atoms with Gasteiger partial charge in [-0.15, -0.1) is 0 Å². The molecule has 1 saturated carbocycles. The van der Waals surface area contributed by atoms with E-state index in [0.29, 0.717) is 89.5 Å². The molecule has 0 spiro atoms. The maximum absolute atomic E-state index is 12.6. The number of para-hydroxylation sites is 1. The second kappa shape index (κ2) is 37.8. The predicted molar refractivity (Wildman–Crippen MR) is 394 cm³/mol. The monoisotopic (exact) mass is 1490 g/mol. The molecule has 11 heterocycles. The smallest absolute Gasteiger partial charge is 0.415 e. The highest BCUT2D eigenvalue weighted by Gasteiger charge is 2.35. The summed E-state index contributed by atoms with van der Waals surface area (Å²) in [6.07, 6.45) is 20.9. The minimum Gasteiger partial charge on any atom is -0.464 e. The zero-order chi connectivity index (χ0) is 77.5. The van der Waals surface area contributed by atoms with Gasteiger partial charge in [0, 0.05) is 96.9 Å². The van der Waals surface area contributed by atoms with E-state index in [0.717, 1.165) is 43.1 Å². The van der Waals surface area contributed by atoms with Crippen molar-refractivity contribution in [3.05, 3.63) is 181 Å². The highest BCUT2D eigenvalue weighted by Crippen LogP contribution is 2.28. The Labute approximate surface area is 621 Å². The number of benzene rings is 1. The van der Waals surface area contributed by atoms with Crippen LogP contribution in [0.25, 0.3) is 45.6 Å². The number of hydrogen-bond acceptors (Lipinski definition) is 26. The maximum atomic E-state index is 12.6. The molecule has 0 unspecified atom stereocenters. The summed E-state index contributed by atoms with van der Waals surface area (Å²) in [5, 5.41) is 9.03. The topological polar surface area (TPSA) is 399 Å². The largest absolute Gasteiger partial charge is 0.464 e. The number of aromatic amines is 1. The average molecular weight is 1490 g/mol. The fourth-order valence-corrected chi connectivity index (χ4v) is 11.6. The standard InChI is InChI=1S/C21H21N5O4.C19H25N5O4.C15H18N4O2.C10H19NO3.C9H8N4O2/c1-25-19(27)12-18(17-9-10-22-14-23-17)24-20(25)29-13-15-6-5-11-26(15)21(28)30-16-7-3-2-4-8-16;1-19(2,3)28-18(26)24-9-5-6-13(24)11-27-17-22-15(10-16(25)23(17)4)14-7-8-20-12-21-14;1-19-14(20)8-13(12-6-7-16-10-17-12)18-15(19)21-9-11-4-2-3-5-11;1-10(2,3)14-9(13)11-6-4-5-8(11)7-12;1-13-8(14)4-7(12-9(13)15)6-2-3-10-5-11-6/h2-4,7-10,12,14-15H,5-6,11,13H2,1H3;7-8,10,12-13H,5-6,9,11H2,1-4H3;6-8,10-11H,2-5,9H2,1H3;8,12H,4-7H2,1-3H3;2-5H,1H3,(H,12,15)/t15-;13-;;8-;/m11.1./s1. The van der Waals surface area contributed by atoms with Crippen LogP contribution in [0.5, 0.6) is 23.8 Å². The molecule has 34 nitrogen and oxygen atoms in total. The van der Waals surface area contributed by atoms with Crippen molar-refractivity contribution >= 4 is 18.3 Å². The van der Waals surface area contributed by atoms with Crippen LogP contribution in [0.3, 0.4) is 0 Å². The van der Waals surface area contributed by atoms with Crippen molar-refractivity contribution in [1.82, 2.24) is 92.8 Å². The van der Waals surface area contributed by atoms with Crippen molar-refractivity contribution in [3.8, 4) is 69.3 Å². The second-order valence-corrected chi connectivity index (χ2v) is 27.6. The fourth-order valence-electron chi connectivity index (χ4n) is 11.6.